The molecular formula is C26H36N4O3. The average molecular weight is 453 g/mol. The molecule has 0 spiro atoms. The SMILES string of the molecule is CCn1nc(C)c(C(=O)N2CCC(CC(=O)NC3(c4ccccc4)CCOCC3)CC2)c1C. The van der Waals surface area contributed by atoms with Gasteiger partial charge in [-0.3, -0.25) is 14.3 Å². The second-order valence-electron chi connectivity index (χ2n) is 9.41. The normalized spacial score (nSPS) is 18.8. The first kappa shape index (κ1) is 23.5. The lowest BCUT2D eigenvalue weighted by atomic mass is 9.82. The fourth-order valence-electron chi connectivity index (χ4n) is 5.36. The fraction of sp³-hybridized carbons (Fsp3) is 0.577. The Labute approximate surface area is 196 Å². The van der Waals surface area contributed by atoms with Gasteiger partial charge in [0.25, 0.3) is 5.91 Å². The molecule has 7 heteroatoms. The number of aryl methyl sites for hydroxylation is 2. The van der Waals surface area contributed by atoms with Crippen molar-refractivity contribution in [3.63, 3.8) is 0 Å². The number of ether oxygens (including phenoxy) is 1. The standard InChI is InChI=1S/C26H36N4O3/c1-4-30-20(3)24(19(2)28-30)25(32)29-14-10-21(11-15-29)18-23(31)27-26(12-16-33-17-13-26)22-8-6-5-7-9-22/h5-9,21H,4,10-18H2,1-3H3,(H,27,31). The van der Waals surface area contributed by atoms with Crippen LogP contribution in [0.1, 0.15) is 66.3 Å². The zero-order chi connectivity index (χ0) is 23.4. The van der Waals surface area contributed by atoms with Gasteiger partial charge < -0.3 is 15.0 Å². The predicted octanol–water partition coefficient (Wildman–Crippen LogP) is 3.58. The smallest absolute Gasteiger partial charge is 0.257 e. The van der Waals surface area contributed by atoms with Crippen molar-refractivity contribution in [1.29, 1.82) is 0 Å². The molecule has 2 aliphatic heterocycles. The van der Waals surface area contributed by atoms with Crippen molar-refractivity contribution < 1.29 is 14.3 Å². The van der Waals surface area contributed by atoms with Gasteiger partial charge >= 0.3 is 0 Å². The highest BCUT2D eigenvalue weighted by atomic mass is 16.5. The van der Waals surface area contributed by atoms with Crippen molar-refractivity contribution in [2.75, 3.05) is 26.3 Å². The number of likely N-dealkylation sites (tertiary alicyclic amines) is 1. The van der Waals surface area contributed by atoms with Gasteiger partial charge in [0.05, 0.1) is 16.8 Å². The zero-order valence-corrected chi connectivity index (χ0v) is 20.1. The molecule has 33 heavy (non-hydrogen) atoms. The Kier molecular flexibility index (Phi) is 7.17. The van der Waals surface area contributed by atoms with E-state index in [-0.39, 0.29) is 17.4 Å². The summed E-state index contributed by atoms with van der Waals surface area (Å²) in [5.74, 6) is 0.460. The number of rotatable bonds is 6. The van der Waals surface area contributed by atoms with Crippen molar-refractivity contribution in [3.8, 4) is 0 Å². The molecule has 0 radical (unpaired) electrons. The van der Waals surface area contributed by atoms with Gasteiger partial charge in [0, 0.05) is 45.0 Å². The van der Waals surface area contributed by atoms with Crippen molar-refractivity contribution in [1.82, 2.24) is 20.0 Å². The monoisotopic (exact) mass is 452 g/mol. The first-order valence-corrected chi connectivity index (χ1v) is 12.2. The maximum absolute atomic E-state index is 13.1. The summed E-state index contributed by atoms with van der Waals surface area (Å²) < 4.78 is 7.47. The second-order valence-corrected chi connectivity index (χ2v) is 9.41. The topological polar surface area (TPSA) is 76.5 Å². The van der Waals surface area contributed by atoms with Gasteiger partial charge in [0.1, 0.15) is 0 Å². The Morgan fingerprint density at radius 3 is 2.39 bits per heavy atom. The van der Waals surface area contributed by atoms with Crippen LogP contribution in [-0.2, 0) is 21.6 Å². The molecule has 7 nitrogen and oxygen atoms in total. The minimum absolute atomic E-state index is 0.0674. The van der Waals surface area contributed by atoms with Crippen molar-refractivity contribution in [2.24, 2.45) is 5.92 Å². The van der Waals surface area contributed by atoms with Gasteiger partial charge in [-0.25, -0.2) is 0 Å². The van der Waals surface area contributed by atoms with E-state index in [9.17, 15) is 9.59 Å². The summed E-state index contributed by atoms with van der Waals surface area (Å²) >= 11 is 0. The molecule has 0 bridgehead atoms. The molecule has 1 aromatic carbocycles. The lowest BCUT2D eigenvalue weighted by molar-refractivity contribution is -0.125. The lowest BCUT2D eigenvalue weighted by Gasteiger charge is -2.39. The number of hydrogen-bond donors (Lipinski definition) is 1. The van der Waals surface area contributed by atoms with Crippen molar-refractivity contribution in [3.05, 3.63) is 52.8 Å². The molecular weight excluding hydrogens is 416 g/mol. The molecule has 2 fully saturated rings. The number of hydrogen-bond acceptors (Lipinski definition) is 4. The van der Waals surface area contributed by atoms with Crippen LogP contribution in [0.25, 0.3) is 0 Å². The number of amides is 2. The Bertz CT molecular complexity index is 971. The second kappa shape index (κ2) is 10.1. The van der Waals surface area contributed by atoms with Gasteiger partial charge in [-0.15, -0.1) is 0 Å². The van der Waals surface area contributed by atoms with E-state index in [1.54, 1.807) is 0 Å². The molecule has 4 rings (SSSR count). The van der Waals surface area contributed by atoms with Crippen LogP contribution in [0.5, 0.6) is 0 Å². The van der Waals surface area contributed by atoms with Gasteiger partial charge in [-0.1, -0.05) is 30.3 Å². The molecule has 178 valence electrons. The summed E-state index contributed by atoms with van der Waals surface area (Å²) in [6, 6.07) is 10.3. The van der Waals surface area contributed by atoms with E-state index >= 15 is 0 Å². The van der Waals surface area contributed by atoms with E-state index in [4.69, 9.17) is 4.74 Å². The van der Waals surface area contributed by atoms with E-state index in [0.29, 0.717) is 38.6 Å². The highest BCUT2D eigenvalue weighted by Gasteiger charge is 2.36. The molecule has 0 aliphatic carbocycles. The third kappa shape index (κ3) is 4.98. The van der Waals surface area contributed by atoms with Gasteiger partial charge in [-0.05, 0) is 57.9 Å². The highest BCUT2D eigenvalue weighted by Crippen LogP contribution is 2.33. The Morgan fingerprint density at radius 2 is 1.79 bits per heavy atom. The lowest BCUT2D eigenvalue weighted by Crippen LogP contribution is -2.50. The summed E-state index contributed by atoms with van der Waals surface area (Å²) in [7, 11) is 0. The first-order valence-electron chi connectivity index (χ1n) is 12.2. The Hall–Kier alpha value is -2.67. The number of nitrogens with one attached hydrogen (secondary N) is 1. The van der Waals surface area contributed by atoms with E-state index in [0.717, 1.165) is 54.7 Å². The van der Waals surface area contributed by atoms with Gasteiger partial charge in [-0.2, -0.15) is 5.10 Å². The molecule has 1 aromatic heterocycles. The summed E-state index contributed by atoms with van der Waals surface area (Å²) in [6.45, 7) is 9.34. The molecule has 2 saturated heterocycles. The minimum atomic E-state index is -0.345. The highest BCUT2D eigenvalue weighted by molar-refractivity contribution is 5.96. The predicted molar refractivity (Wildman–Crippen MR) is 127 cm³/mol. The molecule has 2 amide bonds. The first-order chi connectivity index (χ1) is 15.9. The Balaban J connectivity index is 1.34. The van der Waals surface area contributed by atoms with E-state index in [1.807, 2.05) is 48.6 Å². The van der Waals surface area contributed by atoms with Crippen molar-refractivity contribution >= 4 is 11.8 Å². The van der Waals surface area contributed by atoms with E-state index in [2.05, 4.69) is 22.5 Å². The molecule has 2 aliphatic rings. The van der Waals surface area contributed by atoms with Crippen LogP contribution in [0, 0.1) is 19.8 Å². The van der Waals surface area contributed by atoms with Crippen molar-refractivity contribution in [2.45, 2.75) is 65.0 Å². The Morgan fingerprint density at radius 1 is 1.12 bits per heavy atom. The van der Waals surface area contributed by atoms with Crippen LogP contribution in [0.3, 0.4) is 0 Å². The number of nitrogens with zero attached hydrogens (tertiary/aromatic N) is 3. The molecule has 0 unspecified atom stereocenters. The summed E-state index contributed by atoms with van der Waals surface area (Å²) in [6.07, 6.45) is 3.78. The van der Waals surface area contributed by atoms with Crippen LogP contribution >= 0.6 is 0 Å². The number of benzene rings is 1. The largest absolute Gasteiger partial charge is 0.381 e. The summed E-state index contributed by atoms with van der Waals surface area (Å²) in [5, 5.41) is 7.86. The van der Waals surface area contributed by atoms with Crippen LogP contribution < -0.4 is 5.32 Å². The zero-order valence-electron chi connectivity index (χ0n) is 20.1. The van der Waals surface area contributed by atoms with E-state index in [1.165, 1.54) is 0 Å². The molecule has 3 heterocycles. The number of carbonyl (C=O) groups is 2. The quantitative estimate of drug-likeness (QED) is 0.727. The third-order valence-corrected chi connectivity index (χ3v) is 7.32. The molecule has 0 saturated carbocycles. The van der Waals surface area contributed by atoms with Gasteiger partial charge in [0.2, 0.25) is 5.91 Å². The number of piperidine rings is 1. The molecule has 1 N–H and O–H groups in total. The third-order valence-electron chi connectivity index (χ3n) is 7.32. The van der Waals surface area contributed by atoms with E-state index < -0.39 is 0 Å². The maximum atomic E-state index is 13.1. The van der Waals surface area contributed by atoms with Crippen LogP contribution in [0.4, 0.5) is 0 Å². The molecule has 0 atom stereocenters. The average Bonchev–Trinajstić information content (AvgIpc) is 3.13. The summed E-state index contributed by atoms with van der Waals surface area (Å²) in [5.41, 5.74) is 3.27. The van der Waals surface area contributed by atoms with Gasteiger partial charge in [0.15, 0.2) is 0 Å². The van der Waals surface area contributed by atoms with Crippen LogP contribution in [0.15, 0.2) is 30.3 Å². The van der Waals surface area contributed by atoms with Crippen LogP contribution in [0.2, 0.25) is 0 Å². The number of aromatic nitrogens is 2. The summed E-state index contributed by atoms with van der Waals surface area (Å²) in [4.78, 5) is 28.1. The molecule has 2 aromatic rings. The number of carbonyl (C=O) groups excluding carboxylic acids is 2. The fourth-order valence-corrected chi connectivity index (χ4v) is 5.36. The van der Waals surface area contributed by atoms with Crippen LogP contribution in [-0.4, -0.2) is 52.8 Å². The minimum Gasteiger partial charge on any atom is -0.381 e. The maximum Gasteiger partial charge on any atom is 0.257 e.